The largest absolute Gasteiger partial charge is 0.491 e. The first-order chi connectivity index (χ1) is 13.9. The molecule has 5 nitrogen and oxygen atoms in total. The molecule has 29 heavy (non-hydrogen) atoms. The molecule has 2 aromatic carbocycles. The normalized spacial score (nSPS) is 16.4. The lowest BCUT2D eigenvalue weighted by Crippen LogP contribution is -2.36. The van der Waals surface area contributed by atoms with Crippen molar-refractivity contribution >= 4 is 41.2 Å². The van der Waals surface area contributed by atoms with Crippen molar-refractivity contribution < 1.29 is 19.1 Å². The summed E-state index contributed by atoms with van der Waals surface area (Å²) >= 11 is 12.0. The Morgan fingerprint density at radius 2 is 1.97 bits per heavy atom. The number of likely N-dealkylation sites (tertiary alicyclic amines) is 1. The van der Waals surface area contributed by atoms with E-state index in [0.29, 0.717) is 35.4 Å². The maximum Gasteiger partial charge on any atom is 0.330 e. The number of hydrogen-bond donors (Lipinski definition) is 0. The van der Waals surface area contributed by atoms with E-state index in [2.05, 4.69) is 4.74 Å². The van der Waals surface area contributed by atoms with Gasteiger partial charge < -0.3 is 14.4 Å². The van der Waals surface area contributed by atoms with Crippen LogP contribution in [0.15, 0.2) is 48.5 Å². The summed E-state index contributed by atoms with van der Waals surface area (Å²) in [7, 11) is 1.33. The Morgan fingerprint density at radius 1 is 1.21 bits per heavy atom. The highest BCUT2D eigenvalue weighted by molar-refractivity contribution is 6.34. The minimum Gasteiger partial charge on any atom is -0.491 e. The highest BCUT2D eigenvalue weighted by Crippen LogP contribution is 2.27. The summed E-state index contributed by atoms with van der Waals surface area (Å²) in [6, 6.07) is 12.7. The van der Waals surface area contributed by atoms with Gasteiger partial charge in [0.25, 0.3) is 0 Å². The summed E-state index contributed by atoms with van der Waals surface area (Å²) in [6.07, 6.45) is 4.28. The number of halogens is 2. The monoisotopic (exact) mass is 433 g/mol. The predicted molar refractivity (Wildman–Crippen MR) is 113 cm³/mol. The van der Waals surface area contributed by atoms with E-state index < -0.39 is 5.97 Å². The van der Waals surface area contributed by atoms with Gasteiger partial charge in [-0.15, -0.1) is 0 Å². The van der Waals surface area contributed by atoms with E-state index in [1.807, 2.05) is 29.2 Å². The third-order valence-corrected chi connectivity index (χ3v) is 5.08. The first-order valence-corrected chi connectivity index (χ1v) is 9.93. The maximum atomic E-state index is 12.4. The van der Waals surface area contributed by atoms with Gasteiger partial charge in [-0.05, 0) is 47.9 Å². The number of carbonyl (C=O) groups is 2. The Morgan fingerprint density at radius 3 is 2.69 bits per heavy atom. The Kier molecular flexibility index (Phi) is 7.18. The molecule has 0 N–H and O–H groups in total. The third-order valence-electron chi connectivity index (χ3n) is 4.65. The molecule has 1 saturated heterocycles. The van der Waals surface area contributed by atoms with Gasteiger partial charge in [-0.1, -0.05) is 41.4 Å². The van der Waals surface area contributed by atoms with Crippen LogP contribution in [0.1, 0.15) is 24.0 Å². The second-order valence-electron chi connectivity index (χ2n) is 6.73. The third kappa shape index (κ3) is 5.99. The quantitative estimate of drug-likeness (QED) is 0.466. The molecule has 0 aromatic heterocycles. The van der Waals surface area contributed by atoms with E-state index in [-0.39, 0.29) is 11.9 Å². The fourth-order valence-electron chi connectivity index (χ4n) is 3.21. The smallest absolute Gasteiger partial charge is 0.330 e. The topological polar surface area (TPSA) is 55.8 Å². The molecule has 0 spiro atoms. The van der Waals surface area contributed by atoms with Crippen molar-refractivity contribution in [1.82, 2.24) is 4.90 Å². The van der Waals surface area contributed by atoms with Gasteiger partial charge in [0.05, 0.1) is 13.2 Å². The second kappa shape index (κ2) is 9.81. The highest BCUT2D eigenvalue weighted by atomic mass is 35.5. The molecule has 0 radical (unpaired) electrons. The number of methoxy groups -OCH3 is 1. The molecule has 0 bridgehead atoms. The Balaban J connectivity index is 1.66. The molecular weight excluding hydrogens is 413 g/mol. The number of esters is 1. The molecule has 152 valence electrons. The average Bonchev–Trinajstić information content (AvgIpc) is 3.03. The van der Waals surface area contributed by atoms with Crippen molar-refractivity contribution in [1.29, 1.82) is 0 Å². The van der Waals surface area contributed by atoms with Gasteiger partial charge in [0.2, 0.25) is 5.91 Å². The molecule has 2 aromatic rings. The van der Waals surface area contributed by atoms with Gasteiger partial charge in [-0.25, -0.2) is 4.79 Å². The summed E-state index contributed by atoms with van der Waals surface area (Å²) in [5, 5.41) is 1.01. The molecule has 0 saturated carbocycles. The summed E-state index contributed by atoms with van der Waals surface area (Å²) < 4.78 is 10.5. The van der Waals surface area contributed by atoms with Crippen LogP contribution in [0.3, 0.4) is 0 Å². The van der Waals surface area contributed by atoms with Crippen LogP contribution >= 0.6 is 23.2 Å². The summed E-state index contributed by atoms with van der Waals surface area (Å²) in [6.45, 7) is 0.841. The van der Waals surface area contributed by atoms with Crippen LogP contribution in [0, 0.1) is 0 Å². The highest BCUT2D eigenvalue weighted by Gasteiger charge is 2.31. The number of ether oxygens (including phenoxy) is 2. The minimum atomic E-state index is -0.413. The van der Waals surface area contributed by atoms with Crippen molar-refractivity contribution in [2.24, 2.45) is 0 Å². The zero-order chi connectivity index (χ0) is 20.8. The molecule has 1 aliphatic heterocycles. The zero-order valence-electron chi connectivity index (χ0n) is 15.9. The molecule has 1 amide bonds. The molecule has 1 fully saturated rings. The van der Waals surface area contributed by atoms with Crippen molar-refractivity contribution in [2.45, 2.75) is 25.4 Å². The number of rotatable bonds is 7. The van der Waals surface area contributed by atoms with Crippen LogP contribution in [-0.4, -0.2) is 36.5 Å². The van der Waals surface area contributed by atoms with Crippen LogP contribution in [0.25, 0.3) is 6.08 Å². The van der Waals surface area contributed by atoms with E-state index in [9.17, 15) is 9.59 Å². The van der Waals surface area contributed by atoms with E-state index in [4.69, 9.17) is 27.9 Å². The van der Waals surface area contributed by atoms with Gasteiger partial charge in [-0.3, -0.25) is 4.79 Å². The number of benzene rings is 2. The molecular formula is C22H21Cl2NO4. The number of nitrogens with zero attached hydrogens (tertiary/aromatic N) is 1. The van der Waals surface area contributed by atoms with E-state index >= 15 is 0 Å². The van der Waals surface area contributed by atoms with E-state index in [0.717, 1.165) is 17.5 Å². The van der Waals surface area contributed by atoms with Crippen LogP contribution in [0.2, 0.25) is 10.0 Å². The van der Waals surface area contributed by atoms with Gasteiger partial charge in [0.15, 0.2) is 0 Å². The fourth-order valence-corrected chi connectivity index (χ4v) is 3.72. The van der Waals surface area contributed by atoms with Crippen molar-refractivity contribution in [3.05, 3.63) is 69.7 Å². The molecule has 7 heteroatoms. The van der Waals surface area contributed by atoms with E-state index in [1.165, 1.54) is 13.2 Å². The van der Waals surface area contributed by atoms with E-state index in [1.54, 1.807) is 24.3 Å². The molecule has 1 heterocycles. The number of amides is 1. The Labute approximate surface area is 179 Å². The fraction of sp³-hybridized carbons (Fsp3) is 0.273. The van der Waals surface area contributed by atoms with Gasteiger partial charge in [-0.2, -0.15) is 0 Å². The number of carbonyl (C=O) groups excluding carboxylic acids is 2. The van der Waals surface area contributed by atoms with Crippen molar-refractivity contribution in [2.75, 3.05) is 13.7 Å². The Hall–Kier alpha value is -2.50. The first-order valence-electron chi connectivity index (χ1n) is 9.18. The average molecular weight is 434 g/mol. The summed E-state index contributed by atoms with van der Waals surface area (Å²) in [5.41, 5.74) is 1.84. The van der Waals surface area contributed by atoms with Gasteiger partial charge >= 0.3 is 5.97 Å². The first kappa shape index (κ1) is 21.2. The minimum absolute atomic E-state index is 0.0328. The van der Waals surface area contributed by atoms with Crippen molar-refractivity contribution in [3.8, 4) is 5.75 Å². The molecule has 3 rings (SSSR count). The molecule has 0 unspecified atom stereocenters. The molecule has 1 atom stereocenters. The van der Waals surface area contributed by atoms with Crippen molar-refractivity contribution in [3.63, 3.8) is 0 Å². The van der Waals surface area contributed by atoms with Crippen LogP contribution < -0.4 is 4.74 Å². The lowest BCUT2D eigenvalue weighted by atomic mass is 10.1. The summed E-state index contributed by atoms with van der Waals surface area (Å²) in [4.78, 5) is 25.5. The standard InChI is InChI=1S/C22H21Cl2NO4/c1-28-22(27)8-5-15-3-2-4-16(9-15)13-25-19(6-7-21(25)26)14-29-20-11-17(23)10-18(24)12-20/h2-5,8-12,19H,6-7,13-14H2,1H3/b8-5+/t19-/m1/s1. The molecule has 0 aliphatic carbocycles. The zero-order valence-corrected chi connectivity index (χ0v) is 17.4. The predicted octanol–water partition coefficient (Wildman–Crippen LogP) is 4.75. The Bertz CT molecular complexity index is 909. The number of hydrogen-bond acceptors (Lipinski definition) is 4. The lowest BCUT2D eigenvalue weighted by Gasteiger charge is -2.25. The molecule has 1 aliphatic rings. The SMILES string of the molecule is COC(=O)/C=C/c1cccc(CN2C(=O)CC[C@@H]2COc2cc(Cl)cc(Cl)c2)c1. The maximum absolute atomic E-state index is 12.4. The van der Waals surface area contributed by atoms with Crippen LogP contribution in [0.5, 0.6) is 5.75 Å². The van der Waals surface area contributed by atoms with Crippen LogP contribution in [-0.2, 0) is 20.9 Å². The van der Waals surface area contributed by atoms with Gasteiger partial charge in [0.1, 0.15) is 12.4 Å². The second-order valence-corrected chi connectivity index (χ2v) is 7.60. The van der Waals surface area contributed by atoms with Gasteiger partial charge in [0, 0.05) is 29.1 Å². The lowest BCUT2D eigenvalue weighted by molar-refractivity contribution is -0.134. The summed E-state index contributed by atoms with van der Waals surface area (Å²) in [5.74, 6) is 0.262. The van der Waals surface area contributed by atoms with Crippen LogP contribution in [0.4, 0.5) is 0 Å².